The van der Waals surface area contributed by atoms with Gasteiger partial charge in [-0.2, -0.15) is 0 Å². The number of carbonyl (C=O) groups is 1. The van der Waals surface area contributed by atoms with Crippen molar-refractivity contribution in [1.29, 1.82) is 0 Å². The monoisotopic (exact) mass is 938 g/mol. The molecular formula is C57H62O12. The predicted octanol–water partition coefficient (Wildman–Crippen LogP) is 8.56. The first-order valence-corrected chi connectivity index (χ1v) is 23.5. The van der Waals surface area contributed by atoms with Gasteiger partial charge in [-0.1, -0.05) is 182 Å². The van der Waals surface area contributed by atoms with Gasteiger partial charge in [0, 0.05) is 14.0 Å². The van der Waals surface area contributed by atoms with Crippen molar-refractivity contribution >= 4 is 5.97 Å². The fourth-order valence-electron chi connectivity index (χ4n) is 8.81. The summed E-state index contributed by atoms with van der Waals surface area (Å²) in [6.07, 6.45) is -11.7. The third kappa shape index (κ3) is 14.0. The van der Waals surface area contributed by atoms with Gasteiger partial charge >= 0.3 is 5.97 Å². The van der Waals surface area contributed by atoms with Crippen LogP contribution in [0.4, 0.5) is 0 Å². The molecule has 0 spiro atoms. The summed E-state index contributed by atoms with van der Waals surface area (Å²) in [5.41, 5.74) is 5.50. The Labute approximate surface area is 404 Å². The van der Waals surface area contributed by atoms with E-state index in [-0.39, 0.29) is 46.2 Å². The minimum Gasteiger partial charge on any atom is -0.457 e. The van der Waals surface area contributed by atoms with E-state index in [2.05, 4.69) is 0 Å². The van der Waals surface area contributed by atoms with E-state index in [1.807, 2.05) is 182 Å². The van der Waals surface area contributed by atoms with Gasteiger partial charge in [-0.15, -0.1) is 0 Å². The van der Waals surface area contributed by atoms with Crippen molar-refractivity contribution in [2.75, 3.05) is 13.7 Å². The van der Waals surface area contributed by atoms with Crippen LogP contribution in [0.5, 0.6) is 0 Å². The van der Waals surface area contributed by atoms with E-state index in [1.165, 1.54) is 14.0 Å². The molecule has 0 aromatic heterocycles. The minimum atomic E-state index is -1.56. The lowest BCUT2D eigenvalue weighted by atomic mass is 9.85. The molecule has 1 N–H and O–H groups in total. The molecule has 2 aliphatic heterocycles. The van der Waals surface area contributed by atoms with Crippen LogP contribution < -0.4 is 0 Å². The smallest absolute Gasteiger partial charge is 0.303 e. The summed E-state index contributed by atoms with van der Waals surface area (Å²) in [6, 6.07) is 58.6. The summed E-state index contributed by atoms with van der Waals surface area (Å²) >= 11 is 0. The second-order valence-electron chi connectivity index (χ2n) is 17.2. The maximum atomic E-state index is 13.3. The van der Waals surface area contributed by atoms with Crippen LogP contribution in [0.2, 0.25) is 0 Å². The van der Waals surface area contributed by atoms with E-state index in [9.17, 15) is 9.90 Å². The molecule has 12 heteroatoms. The van der Waals surface area contributed by atoms with Crippen LogP contribution in [-0.4, -0.2) is 92.1 Å². The first kappa shape index (κ1) is 49.8. The van der Waals surface area contributed by atoms with Crippen LogP contribution in [-0.2, 0) is 91.8 Å². The molecule has 6 aromatic carbocycles. The molecule has 1 unspecified atom stereocenters. The quantitative estimate of drug-likeness (QED) is 0.0619. The zero-order chi connectivity index (χ0) is 47.6. The Morgan fingerprint density at radius 1 is 0.449 bits per heavy atom. The van der Waals surface area contributed by atoms with Gasteiger partial charge in [0.15, 0.2) is 12.4 Å². The van der Waals surface area contributed by atoms with Crippen molar-refractivity contribution in [3.63, 3.8) is 0 Å². The van der Waals surface area contributed by atoms with Gasteiger partial charge in [-0.25, -0.2) is 0 Å². The number of carbonyl (C=O) groups excluding carboxylic acids is 1. The van der Waals surface area contributed by atoms with Gasteiger partial charge in [-0.05, 0) is 33.4 Å². The molecule has 0 amide bonds. The number of aliphatic hydroxyl groups is 1. The van der Waals surface area contributed by atoms with Crippen molar-refractivity contribution in [2.45, 2.75) is 114 Å². The number of methoxy groups -OCH3 is 1. The molecule has 8 rings (SSSR count). The molecule has 2 aliphatic rings. The largest absolute Gasteiger partial charge is 0.457 e. The molecule has 69 heavy (non-hydrogen) atoms. The summed E-state index contributed by atoms with van der Waals surface area (Å²) in [6.45, 7) is 2.51. The van der Waals surface area contributed by atoms with E-state index >= 15 is 0 Å². The second kappa shape index (κ2) is 25.8. The first-order chi connectivity index (χ1) is 33.9. The number of aliphatic hydroxyl groups excluding tert-OH is 1. The molecule has 2 heterocycles. The van der Waals surface area contributed by atoms with Gasteiger partial charge < -0.3 is 52.5 Å². The Morgan fingerprint density at radius 3 is 1.17 bits per heavy atom. The van der Waals surface area contributed by atoms with Gasteiger partial charge in [0.2, 0.25) is 0 Å². The lowest BCUT2D eigenvalue weighted by Crippen LogP contribution is -2.69. The fourth-order valence-corrected chi connectivity index (χ4v) is 8.81. The Bertz CT molecular complexity index is 2360. The summed E-state index contributed by atoms with van der Waals surface area (Å²) in [4.78, 5) is 13.3. The van der Waals surface area contributed by atoms with Crippen molar-refractivity contribution in [3.05, 3.63) is 215 Å². The van der Waals surface area contributed by atoms with Crippen molar-refractivity contribution in [1.82, 2.24) is 0 Å². The molecule has 0 radical (unpaired) electrons. The van der Waals surface area contributed by atoms with Crippen molar-refractivity contribution < 1.29 is 57.3 Å². The molecule has 11 atom stereocenters. The average molecular weight is 939 g/mol. The minimum absolute atomic E-state index is 0.0356. The van der Waals surface area contributed by atoms with E-state index in [1.54, 1.807) is 0 Å². The van der Waals surface area contributed by atoms with Crippen LogP contribution in [0.1, 0.15) is 40.3 Å². The molecule has 0 saturated carbocycles. The molecule has 12 nitrogen and oxygen atoms in total. The molecule has 0 aliphatic carbocycles. The summed E-state index contributed by atoms with van der Waals surface area (Å²) in [7, 11) is 1.52. The lowest BCUT2D eigenvalue weighted by molar-refractivity contribution is -0.346. The van der Waals surface area contributed by atoms with Gasteiger partial charge in [-0.3, -0.25) is 4.79 Å². The molecular weight excluding hydrogens is 877 g/mol. The maximum absolute atomic E-state index is 13.3. The predicted molar refractivity (Wildman–Crippen MR) is 257 cm³/mol. The van der Waals surface area contributed by atoms with Crippen molar-refractivity contribution in [3.8, 4) is 0 Å². The zero-order valence-corrected chi connectivity index (χ0v) is 39.1. The van der Waals surface area contributed by atoms with Gasteiger partial charge in [0.25, 0.3) is 0 Å². The standard InChI is InChI=1S/C57H62O12/c1-40(58)67-55-51(68-47(39-61-33-41-21-9-3-10-22-41)49(62-34-42-23-11-4-12-24-42)52(55)63-35-43-25-13-5-14-26-43)48(59)50-53(64-36-44-27-15-6-16-28-44)54(65-37-45-29-17-7-18-30-45)56(57(60-2)69-50)66-38-46-31-19-8-20-32-46/h3-32,47-57,59H,33-39H2,1-2H3/t47-,48?,49-,50-,51-,52+,53-,54+,55-,56+,57+/m1/s1. The highest BCUT2D eigenvalue weighted by Gasteiger charge is 2.58. The Hall–Kier alpha value is -5.61. The highest BCUT2D eigenvalue weighted by Crippen LogP contribution is 2.38. The molecule has 2 fully saturated rings. The first-order valence-electron chi connectivity index (χ1n) is 23.5. The number of rotatable bonds is 23. The SMILES string of the molecule is CO[C@H]1O[C@H](C(O)[C@H]2O[C@H](COCc3ccccc3)[C@@H](OCc3ccccc3)[C@H](OCc3ccccc3)[C@@H]2OC(C)=O)[C@@H](OCc2ccccc2)[C@H](OCc2ccccc2)[C@@H]1OCc1ccccc1. The third-order valence-electron chi connectivity index (χ3n) is 12.2. The number of hydrogen-bond acceptors (Lipinski definition) is 12. The highest BCUT2D eigenvalue weighted by atomic mass is 16.7. The Morgan fingerprint density at radius 2 is 0.783 bits per heavy atom. The maximum Gasteiger partial charge on any atom is 0.303 e. The number of esters is 1. The highest BCUT2D eigenvalue weighted by molar-refractivity contribution is 5.66. The summed E-state index contributed by atoms with van der Waals surface area (Å²) in [5, 5.41) is 13.2. The lowest BCUT2D eigenvalue weighted by Gasteiger charge is -2.51. The summed E-state index contributed by atoms with van der Waals surface area (Å²) in [5.74, 6) is -0.607. The molecule has 2 saturated heterocycles. The third-order valence-corrected chi connectivity index (χ3v) is 12.2. The zero-order valence-electron chi connectivity index (χ0n) is 39.1. The van der Waals surface area contributed by atoms with Crippen LogP contribution in [0, 0.1) is 0 Å². The average Bonchev–Trinajstić information content (AvgIpc) is 3.39. The Kier molecular flexibility index (Phi) is 18.7. The number of ether oxygens (including phenoxy) is 10. The second-order valence-corrected chi connectivity index (χ2v) is 17.2. The van der Waals surface area contributed by atoms with E-state index in [0.29, 0.717) is 0 Å². The molecule has 6 aromatic rings. The van der Waals surface area contributed by atoms with Crippen molar-refractivity contribution in [2.24, 2.45) is 0 Å². The van der Waals surface area contributed by atoms with Crippen LogP contribution >= 0.6 is 0 Å². The van der Waals surface area contributed by atoms with Crippen LogP contribution in [0.15, 0.2) is 182 Å². The fraction of sp³-hybridized carbons (Fsp3) is 0.351. The number of hydrogen-bond donors (Lipinski definition) is 1. The van der Waals surface area contributed by atoms with E-state index in [0.717, 1.165) is 33.4 Å². The molecule has 0 bridgehead atoms. The van der Waals surface area contributed by atoms with Gasteiger partial charge in [0.1, 0.15) is 54.9 Å². The summed E-state index contributed by atoms with van der Waals surface area (Å²) < 4.78 is 66.6. The van der Waals surface area contributed by atoms with Crippen LogP contribution in [0.25, 0.3) is 0 Å². The number of benzene rings is 6. The topological polar surface area (TPSA) is 130 Å². The molecule has 362 valence electrons. The van der Waals surface area contributed by atoms with Crippen LogP contribution in [0.3, 0.4) is 0 Å². The van der Waals surface area contributed by atoms with E-state index in [4.69, 9.17) is 47.4 Å². The Balaban J connectivity index is 1.18. The van der Waals surface area contributed by atoms with E-state index < -0.39 is 73.3 Å². The normalized spacial score (nSPS) is 25.1. The van der Waals surface area contributed by atoms with Gasteiger partial charge in [0.05, 0.1) is 46.2 Å².